The first-order valence-electron chi connectivity index (χ1n) is 6.83. The Hall–Kier alpha value is -1.62. The lowest BCUT2D eigenvalue weighted by Gasteiger charge is -2.10. The SMILES string of the molecule is CCNc1ncnc(NCCCc2ccccc2)c1Br. The van der Waals surface area contributed by atoms with Gasteiger partial charge >= 0.3 is 0 Å². The van der Waals surface area contributed by atoms with Gasteiger partial charge in [-0.1, -0.05) is 30.3 Å². The van der Waals surface area contributed by atoms with Crippen LogP contribution < -0.4 is 10.6 Å². The molecule has 2 N–H and O–H groups in total. The fraction of sp³-hybridized carbons (Fsp3) is 0.333. The van der Waals surface area contributed by atoms with Gasteiger partial charge in [-0.2, -0.15) is 0 Å². The summed E-state index contributed by atoms with van der Waals surface area (Å²) in [5, 5.41) is 6.54. The number of halogens is 1. The van der Waals surface area contributed by atoms with Crippen molar-refractivity contribution in [2.75, 3.05) is 23.7 Å². The van der Waals surface area contributed by atoms with Crippen molar-refractivity contribution in [1.29, 1.82) is 0 Å². The van der Waals surface area contributed by atoms with Gasteiger partial charge in [0.2, 0.25) is 0 Å². The molecule has 0 amide bonds. The maximum absolute atomic E-state index is 4.26. The van der Waals surface area contributed by atoms with E-state index in [0.29, 0.717) is 0 Å². The molecule has 0 radical (unpaired) electrons. The Balaban J connectivity index is 1.83. The lowest BCUT2D eigenvalue weighted by atomic mass is 10.1. The molecule has 2 aromatic rings. The Labute approximate surface area is 128 Å². The van der Waals surface area contributed by atoms with E-state index in [1.165, 1.54) is 5.56 Å². The van der Waals surface area contributed by atoms with Crippen LogP contribution in [-0.4, -0.2) is 23.1 Å². The number of anilines is 2. The quantitative estimate of drug-likeness (QED) is 0.757. The smallest absolute Gasteiger partial charge is 0.145 e. The van der Waals surface area contributed by atoms with Gasteiger partial charge < -0.3 is 10.6 Å². The second-order valence-electron chi connectivity index (χ2n) is 4.43. The lowest BCUT2D eigenvalue weighted by molar-refractivity contribution is 0.857. The van der Waals surface area contributed by atoms with Gasteiger partial charge in [-0.25, -0.2) is 9.97 Å². The third-order valence-corrected chi connectivity index (χ3v) is 3.66. The maximum Gasteiger partial charge on any atom is 0.145 e. The number of benzene rings is 1. The average molecular weight is 335 g/mol. The summed E-state index contributed by atoms with van der Waals surface area (Å²) < 4.78 is 0.890. The molecule has 0 fully saturated rings. The highest BCUT2D eigenvalue weighted by atomic mass is 79.9. The molecule has 5 heteroatoms. The van der Waals surface area contributed by atoms with E-state index in [4.69, 9.17) is 0 Å². The Morgan fingerprint density at radius 3 is 2.45 bits per heavy atom. The van der Waals surface area contributed by atoms with E-state index in [0.717, 1.165) is 42.0 Å². The molecule has 0 saturated heterocycles. The van der Waals surface area contributed by atoms with Crippen LogP contribution in [0, 0.1) is 0 Å². The zero-order valence-electron chi connectivity index (χ0n) is 11.6. The number of nitrogens with one attached hydrogen (secondary N) is 2. The van der Waals surface area contributed by atoms with Crippen molar-refractivity contribution < 1.29 is 0 Å². The van der Waals surface area contributed by atoms with Gasteiger partial charge in [-0.15, -0.1) is 0 Å². The molecule has 20 heavy (non-hydrogen) atoms. The largest absolute Gasteiger partial charge is 0.369 e. The second-order valence-corrected chi connectivity index (χ2v) is 5.22. The van der Waals surface area contributed by atoms with E-state index in [1.807, 2.05) is 13.0 Å². The van der Waals surface area contributed by atoms with Crippen LogP contribution in [0.3, 0.4) is 0 Å². The van der Waals surface area contributed by atoms with Gasteiger partial charge in [0.25, 0.3) is 0 Å². The Bertz CT molecular complexity index is 531. The third kappa shape index (κ3) is 4.20. The van der Waals surface area contributed by atoms with Crippen molar-refractivity contribution >= 4 is 27.6 Å². The molecule has 0 bridgehead atoms. The number of hydrogen-bond donors (Lipinski definition) is 2. The zero-order chi connectivity index (χ0) is 14.2. The van der Waals surface area contributed by atoms with Gasteiger partial charge in [0.05, 0.1) is 0 Å². The molecule has 0 unspecified atom stereocenters. The highest BCUT2D eigenvalue weighted by molar-refractivity contribution is 9.10. The Morgan fingerprint density at radius 1 is 1.05 bits per heavy atom. The van der Waals surface area contributed by atoms with Crippen LogP contribution in [0.5, 0.6) is 0 Å². The monoisotopic (exact) mass is 334 g/mol. The molecular formula is C15H19BrN4. The molecule has 2 rings (SSSR count). The normalized spacial score (nSPS) is 10.3. The molecule has 1 aromatic carbocycles. The first kappa shape index (κ1) is 14.8. The number of nitrogens with zero attached hydrogens (tertiary/aromatic N) is 2. The van der Waals surface area contributed by atoms with E-state index in [1.54, 1.807) is 6.33 Å². The average Bonchev–Trinajstić information content (AvgIpc) is 2.48. The number of hydrogen-bond acceptors (Lipinski definition) is 4. The summed E-state index contributed by atoms with van der Waals surface area (Å²) in [4.78, 5) is 8.45. The summed E-state index contributed by atoms with van der Waals surface area (Å²) in [6.45, 7) is 3.76. The summed E-state index contributed by atoms with van der Waals surface area (Å²) in [7, 11) is 0. The fourth-order valence-electron chi connectivity index (χ4n) is 1.93. The summed E-state index contributed by atoms with van der Waals surface area (Å²) in [6.07, 6.45) is 3.70. The predicted octanol–water partition coefficient (Wildman–Crippen LogP) is 3.72. The van der Waals surface area contributed by atoms with Gasteiger partial charge in [0.15, 0.2) is 0 Å². The van der Waals surface area contributed by atoms with Crippen LogP contribution in [0.2, 0.25) is 0 Å². The fourth-order valence-corrected chi connectivity index (χ4v) is 2.41. The molecule has 0 spiro atoms. The van der Waals surface area contributed by atoms with Crippen LogP contribution in [-0.2, 0) is 6.42 Å². The Morgan fingerprint density at radius 2 is 1.75 bits per heavy atom. The first-order chi connectivity index (χ1) is 9.81. The molecule has 0 saturated carbocycles. The highest BCUT2D eigenvalue weighted by Crippen LogP contribution is 2.26. The minimum atomic E-state index is 0.827. The van der Waals surface area contributed by atoms with Gasteiger partial charge in [-0.05, 0) is 41.3 Å². The van der Waals surface area contributed by atoms with Gasteiger partial charge in [0, 0.05) is 13.1 Å². The van der Waals surface area contributed by atoms with Crippen LogP contribution in [0.15, 0.2) is 41.1 Å². The van der Waals surface area contributed by atoms with Crippen LogP contribution >= 0.6 is 15.9 Å². The standard InChI is InChI=1S/C15H19BrN4/c1-2-17-14-13(16)15(20-11-19-14)18-10-6-9-12-7-4-3-5-8-12/h3-5,7-8,11H,2,6,9-10H2,1H3,(H2,17,18,19,20). The molecule has 0 aliphatic rings. The molecule has 0 aliphatic heterocycles. The topological polar surface area (TPSA) is 49.8 Å². The first-order valence-corrected chi connectivity index (χ1v) is 7.62. The van der Waals surface area contributed by atoms with Crippen molar-refractivity contribution in [3.8, 4) is 0 Å². The predicted molar refractivity (Wildman–Crippen MR) is 87.1 cm³/mol. The zero-order valence-corrected chi connectivity index (χ0v) is 13.2. The number of rotatable bonds is 7. The van der Waals surface area contributed by atoms with E-state index >= 15 is 0 Å². The third-order valence-electron chi connectivity index (χ3n) is 2.91. The molecular weight excluding hydrogens is 316 g/mol. The van der Waals surface area contributed by atoms with Gasteiger partial charge in [0.1, 0.15) is 22.4 Å². The molecule has 106 valence electrons. The molecule has 1 heterocycles. The Kier molecular flexibility index (Phi) is 5.80. The van der Waals surface area contributed by atoms with Crippen LogP contribution in [0.25, 0.3) is 0 Å². The highest BCUT2D eigenvalue weighted by Gasteiger charge is 2.06. The van der Waals surface area contributed by atoms with Crippen molar-refractivity contribution in [3.63, 3.8) is 0 Å². The van der Waals surface area contributed by atoms with Crippen molar-refractivity contribution in [2.45, 2.75) is 19.8 Å². The molecule has 0 aliphatic carbocycles. The lowest BCUT2D eigenvalue weighted by Crippen LogP contribution is -2.08. The number of aromatic nitrogens is 2. The van der Waals surface area contributed by atoms with Crippen molar-refractivity contribution in [3.05, 3.63) is 46.7 Å². The molecule has 1 aromatic heterocycles. The van der Waals surface area contributed by atoms with Crippen molar-refractivity contribution in [2.24, 2.45) is 0 Å². The molecule has 4 nitrogen and oxygen atoms in total. The minimum Gasteiger partial charge on any atom is -0.369 e. The van der Waals surface area contributed by atoms with E-state index in [2.05, 4.69) is 60.8 Å². The van der Waals surface area contributed by atoms with E-state index in [9.17, 15) is 0 Å². The summed E-state index contributed by atoms with van der Waals surface area (Å²) in [6, 6.07) is 10.5. The van der Waals surface area contributed by atoms with E-state index < -0.39 is 0 Å². The minimum absolute atomic E-state index is 0.827. The van der Waals surface area contributed by atoms with Crippen molar-refractivity contribution in [1.82, 2.24) is 9.97 Å². The summed E-state index contributed by atoms with van der Waals surface area (Å²) in [5.41, 5.74) is 1.37. The molecule has 0 atom stereocenters. The summed E-state index contributed by atoms with van der Waals surface area (Å²) >= 11 is 3.53. The maximum atomic E-state index is 4.26. The number of aryl methyl sites for hydroxylation is 1. The summed E-state index contributed by atoms with van der Waals surface area (Å²) in [5.74, 6) is 1.66. The second kappa shape index (κ2) is 7.85. The van der Waals surface area contributed by atoms with Gasteiger partial charge in [-0.3, -0.25) is 0 Å². The van der Waals surface area contributed by atoms with Crippen LogP contribution in [0.1, 0.15) is 18.9 Å². The van der Waals surface area contributed by atoms with E-state index in [-0.39, 0.29) is 0 Å². The van der Waals surface area contributed by atoms with Crippen LogP contribution in [0.4, 0.5) is 11.6 Å².